The highest BCUT2D eigenvalue weighted by molar-refractivity contribution is 5.98. The molecule has 2 heteroatoms. The Morgan fingerprint density at radius 2 is 1.79 bits per heavy atom. The average Bonchev–Trinajstić information content (AvgIpc) is 2.87. The van der Waals surface area contributed by atoms with Crippen LogP contribution in [0.2, 0.25) is 0 Å². The van der Waals surface area contributed by atoms with Crippen LogP contribution in [0.4, 0.5) is 0 Å². The predicted octanol–water partition coefficient (Wildman–Crippen LogP) is 3.59. The summed E-state index contributed by atoms with van der Waals surface area (Å²) in [5.74, 6) is 0.282. The van der Waals surface area contributed by atoms with Gasteiger partial charge in [0.05, 0.1) is 6.10 Å². The van der Waals surface area contributed by atoms with Crippen LogP contribution in [0, 0.1) is 11.3 Å². The van der Waals surface area contributed by atoms with Gasteiger partial charge in [0.15, 0.2) is 5.78 Å². The van der Waals surface area contributed by atoms with Gasteiger partial charge in [0.1, 0.15) is 0 Å². The number of hydrogen-bond donors (Lipinski definition) is 1. The van der Waals surface area contributed by atoms with E-state index in [0.717, 1.165) is 50.5 Å². The molecule has 1 aromatic carbocycles. The molecule has 1 N–H and O–H groups in total. The third kappa shape index (κ3) is 2.12. The number of carbonyl (C=O) groups excluding carboxylic acids is 1. The lowest BCUT2D eigenvalue weighted by Crippen LogP contribution is -2.44. The van der Waals surface area contributed by atoms with E-state index in [4.69, 9.17) is 0 Å². The van der Waals surface area contributed by atoms with E-state index in [1.165, 1.54) is 0 Å². The van der Waals surface area contributed by atoms with Crippen LogP contribution in [0.15, 0.2) is 30.3 Å². The van der Waals surface area contributed by atoms with Crippen LogP contribution in [0.1, 0.15) is 55.3 Å². The molecule has 102 valence electrons. The number of rotatable bonds is 2. The van der Waals surface area contributed by atoms with Gasteiger partial charge >= 0.3 is 0 Å². The van der Waals surface area contributed by atoms with Crippen molar-refractivity contribution in [2.24, 2.45) is 11.3 Å². The lowest BCUT2D eigenvalue weighted by atomic mass is 9.64. The zero-order chi connectivity index (χ0) is 13.3. The van der Waals surface area contributed by atoms with E-state index in [1.807, 2.05) is 30.3 Å². The highest BCUT2D eigenvalue weighted by atomic mass is 16.3. The van der Waals surface area contributed by atoms with Crippen LogP contribution in [-0.2, 0) is 0 Å². The normalized spacial score (nSPS) is 34.6. The van der Waals surface area contributed by atoms with Crippen molar-refractivity contribution >= 4 is 5.78 Å². The summed E-state index contributed by atoms with van der Waals surface area (Å²) in [6.45, 7) is 0. The molecule has 2 fully saturated rings. The monoisotopic (exact) mass is 258 g/mol. The molecule has 0 aromatic heterocycles. The number of hydrogen-bond acceptors (Lipinski definition) is 2. The largest absolute Gasteiger partial charge is 0.393 e. The Morgan fingerprint density at radius 3 is 2.53 bits per heavy atom. The average molecular weight is 258 g/mol. The first kappa shape index (κ1) is 12.9. The lowest BCUT2D eigenvalue weighted by molar-refractivity contribution is -0.0315. The topological polar surface area (TPSA) is 37.3 Å². The van der Waals surface area contributed by atoms with Gasteiger partial charge in [-0.3, -0.25) is 4.79 Å². The van der Waals surface area contributed by atoms with Crippen molar-refractivity contribution in [3.05, 3.63) is 35.9 Å². The molecule has 0 aliphatic heterocycles. The minimum absolute atomic E-state index is 0.0326. The van der Waals surface area contributed by atoms with E-state index in [-0.39, 0.29) is 23.2 Å². The number of benzene rings is 1. The second-order valence-electron chi connectivity index (χ2n) is 6.17. The van der Waals surface area contributed by atoms with Crippen molar-refractivity contribution in [3.8, 4) is 0 Å². The van der Waals surface area contributed by atoms with E-state index in [0.29, 0.717) is 0 Å². The van der Waals surface area contributed by atoms with Crippen LogP contribution >= 0.6 is 0 Å². The molecule has 19 heavy (non-hydrogen) atoms. The highest BCUT2D eigenvalue weighted by Gasteiger charge is 2.51. The van der Waals surface area contributed by atoms with Gasteiger partial charge in [-0.1, -0.05) is 49.6 Å². The van der Waals surface area contributed by atoms with Crippen molar-refractivity contribution in [2.75, 3.05) is 0 Å². The summed E-state index contributed by atoms with van der Waals surface area (Å²) in [6.07, 6.45) is 6.95. The standard InChI is InChI=1S/C17H22O2/c18-15-10-4-5-11-17(15)12-6-9-14(17)16(19)13-7-2-1-3-8-13/h1-3,7-8,14-15,18H,4-6,9-12H2/t14-,15-,17+/m0/s1. The quantitative estimate of drug-likeness (QED) is 0.823. The number of aliphatic hydroxyl groups is 1. The van der Waals surface area contributed by atoms with Gasteiger partial charge in [0.25, 0.3) is 0 Å². The minimum Gasteiger partial charge on any atom is -0.393 e. The number of Topliss-reactive ketones (excluding diaryl/α,β-unsaturated/α-hetero) is 1. The van der Waals surface area contributed by atoms with Crippen molar-refractivity contribution in [1.29, 1.82) is 0 Å². The molecular weight excluding hydrogens is 236 g/mol. The molecule has 3 atom stereocenters. The second kappa shape index (κ2) is 5.09. The SMILES string of the molecule is O=C(c1ccccc1)[C@@H]1CCC[C@]12CCCC[C@@H]2O. The van der Waals surface area contributed by atoms with Crippen molar-refractivity contribution in [3.63, 3.8) is 0 Å². The van der Waals surface area contributed by atoms with E-state index in [1.54, 1.807) is 0 Å². The summed E-state index contributed by atoms with van der Waals surface area (Å²) < 4.78 is 0. The molecule has 0 bridgehead atoms. The first-order valence-electron chi connectivity index (χ1n) is 7.51. The van der Waals surface area contributed by atoms with Gasteiger partial charge in [0.2, 0.25) is 0 Å². The molecule has 0 saturated heterocycles. The molecule has 1 aromatic rings. The fraction of sp³-hybridized carbons (Fsp3) is 0.588. The highest BCUT2D eigenvalue weighted by Crippen LogP contribution is 2.53. The molecule has 3 rings (SSSR count). The van der Waals surface area contributed by atoms with E-state index in [9.17, 15) is 9.90 Å². The third-order valence-electron chi connectivity index (χ3n) is 5.24. The summed E-state index contributed by atoms with van der Waals surface area (Å²) in [5.41, 5.74) is 0.692. The molecule has 0 unspecified atom stereocenters. The molecule has 2 aliphatic rings. The lowest BCUT2D eigenvalue weighted by Gasteiger charge is -2.42. The number of carbonyl (C=O) groups is 1. The first-order valence-corrected chi connectivity index (χ1v) is 7.51. The van der Waals surface area contributed by atoms with Gasteiger partial charge < -0.3 is 5.11 Å². The predicted molar refractivity (Wildman–Crippen MR) is 75.0 cm³/mol. The fourth-order valence-electron chi connectivity index (χ4n) is 4.24. The molecule has 2 nitrogen and oxygen atoms in total. The second-order valence-corrected chi connectivity index (χ2v) is 6.17. The molecular formula is C17H22O2. The van der Waals surface area contributed by atoms with Gasteiger partial charge in [-0.15, -0.1) is 0 Å². The fourth-order valence-corrected chi connectivity index (χ4v) is 4.24. The Labute approximate surface area is 114 Å². The van der Waals surface area contributed by atoms with E-state index in [2.05, 4.69) is 0 Å². The molecule has 0 radical (unpaired) electrons. The zero-order valence-corrected chi connectivity index (χ0v) is 11.3. The Bertz CT molecular complexity index is 454. The van der Waals surface area contributed by atoms with Crippen molar-refractivity contribution < 1.29 is 9.90 Å². The summed E-state index contributed by atoms with van der Waals surface area (Å²) in [7, 11) is 0. The van der Waals surface area contributed by atoms with Crippen molar-refractivity contribution in [1.82, 2.24) is 0 Å². The number of ketones is 1. The van der Waals surface area contributed by atoms with Crippen LogP contribution in [0.3, 0.4) is 0 Å². The molecule has 1 spiro atoms. The maximum atomic E-state index is 12.8. The van der Waals surface area contributed by atoms with Crippen LogP contribution in [0.25, 0.3) is 0 Å². The maximum Gasteiger partial charge on any atom is 0.166 e. The van der Waals surface area contributed by atoms with E-state index < -0.39 is 0 Å². The van der Waals surface area contributed by atoms with Gasteiger partial charge in [-0.25, -0.2) is 0 Å². The Hall–Kier alpha value is -1.15. The Kier molecular flexibility index (Phi) is 3.44. The zero-order valence-electron chi connectivity index (χ0n) is 11.3. The van der Waals surface area contributed by atoms with Crippen LogP contribution < -0.4 is 0 Å². The van der Waals surface area contributed by atoms with E-state index >= 15 is 0 Å². The summed E-state index contributed by atoms with van der Waals surface area (Å²) in [4.78, 5) is 12.8. The molecule has 0 amide bonds. The third-order valence-corrected chi connectivity index (χ3v) is 5.24. The Morgan fingerprint density at radius 1 is 1.05 bits per heavy atom. The van der Waals surface area contributed by atoms with Crippen LogP contribution in [0.5, 0.6) is 0 Å². The minimum atomic E-state index is -0.276. The van der Waals surface area contributed by atoms with Gasteiger partial charge in [0, 0.05) is 16.9 Å². The van der Waals surface area contributed by atoms with Gasteiger partial charge in [-0.2, -0.15) is 0 Å². The number of aliphatic hydroxyl groups excluding tert-OH is 1. The Balaban J connectivity index is 1.89. The van der Waals surface area contributed by atoms with Crippen molar-refractivity contribution in [2.45, 2.75) is 51.0 Å². The van der Waals surface area contributed by atoms with Gasteiger partial charge in [-0.05, 0) is 25.7 Å². The molecule has 2 saturated carbocycles. The molecule has 2 aliphatic carbocycles. The van der Waals surface area contributed by atoms with Crippen LogP contribution in [-0.4, -0.2) is 17.0 Å². The summed E-state index contributed by atoms with van der Waals surface area (Å²) in [5, 5.41) is 10.5. The smallest absolute Gasteiger partial charge is 0.166 e. The summed E-state index contributed by atoms with van der Waals surface area (Å²) in [6, 6.07) is 9.60. The first-order chi connectivity index (χ1) is 9.24. The summed E-state index contributed by atoms with van der Waals surface area (Å²) >= 11 is 0. The molecule has 0 heterocycles. The maximum absolute atomic E-state index is 12.8.